The van der Waals surface area contributed by atoms with Crippen molar-refractivity contribution in [2.24, 2.45) is 5.73 Å². The zero-order valence-corrected chi connectivity index (χ0v) is 8.47. The molecule has 0 aromatic rings. The molecule has 1 atom stereocenters. The molecule has 0 bridgehead atoms. The fourth-order valence-electron chi connectivity index (χ4n) is 0.851. The average molecular weight is 249 g/mol. The van der Waals surface area contributed by atoms with E-state index in [0.29, 0.717) is 0 Å². The molecule has 0 saturated heterocycles. The van der Waals surface area contributed by atoms with Crippen LogP contribution < -0.4 is 11.2 Å². The van der Waals surface area contributed by atoms with Gasteiger partial charge in [-0.3, -0.25) is 10.2 Å². The molecular formula is C7H11N3O7. The average Bonchev–Trinajstić information content (AvgIpc) is 2.12. The first kappa shape index (κ1) is 14.6. The third-order valence-electron chi connectivity index (χ3n) is 1.55. The van der Waals surface area contributed by atoms with Gasteiger partial charge in [0.05, 0.1) is 12.8 Å². The molecule has 0 spiro atoms. The third-order valence-corrected chi connectivity index (χ3v) is 1.55. The van der Waals surface area contributed by atoms with Crippen LogP contribution in [0.4, 0.5) is 0 Å². The Hall–Kier alpha value is -2.36. The number of aliphatic carboxylic acids is 2. The van der Waals surface area contributed by atoms with Gasteiger partial charge in [0.25, 0.3) is 0 Å². The third kappa shape index (κ3) is 5.32. The van der Waals surface area contributed by atoms with Gasteiger partial charge < -0.3 is 25.9 Å². The molecule has 0 aliphatic heterocycles. The summed E-state index contributed by atoms with van der Waals surface area (Å²) in [6.07, 6.45) is -2.27. The van der Waals surface area contributed by atoms with E-state index < -0.39 is 42.3 Å². The number of nitrogens with two attached hydrogens (primary N) is 1. The number of hydroxylamine groups is 1. The van der Waals surface area contributed by atoms with E-state index in [9.17, 15) is 19.5 Å². The van der Waals surface area contributed by atoms with E-state index in [2.05, 4.69) is 4.84 Å². The largest absolute Gasteiger partial charge is 0.481 e. The number of hydrogen-bond acceptors (Lipinski definition) is 6. The number of hydrogen-bond donors (Lipinski definition) is 6. The van der Waals surface area contributed by atoms with Gasteiger partial charge >= 0.3 is 17.9 Å². The van der Waals surface area contributed by atoms with Crippen molar-refractivity contribution < 1.29 is 34.5 Å². The molecule has 7 N–H and O–H groups in total. The SMILES string of the molecule is N=C(N)NOC(=O)CC(O)(CC(=O)O)C(=O)O. The van der Waals surface area contributed by atoms with Crippen LogP contribution in [0.1, 0.15) is 12.8 Å². The lowest BCUT2D eigenvalue weighted by Gasteiger charge is -2.19. The van der Waals surface area contributed by atoms with E-state index in [1.807, 2.05) is 0 Å². The van der Waals surface area contributed by atoms with Gasteiger partial charge in [-0.1, -0.05) is 0 Å². The lowest BCUT2D eigenvalue weighted by atomic mass is 9.96. The van der Waals surface area contributed by atoms with E-state index in [0.717, 1.165) is 0 Å². The summed E-state index contributed by atoms with van der Waals surface area (Å²) in [5.74, 6) is -5.45. The Bertz CT molecular complexity index is 355. The highest BCUT2D eigenvalue weighted by Gasteiger charge is 2.41. The van der Waals surface area contributed by atoms with Crippen molar-refractivity contribution in [3.63, 3.8) is 0 Å². The molecule has 10 heteroatoms. The van der Waals surface area contributed by atoms with Crippen molar-refractivity contribution in [2.45, 2.75) is 18.4 Å². The molecule has 0 saturated carbocycles. The van der Waals surface area contributed by atoms with Gasteiger partial charge in [0.15, 0.2) is 5.60 Å². The molecule has 0 amide bonds. The molecule has 0 aliphatic carbocycles. The van der Waals surface area contributed by atoms with Crippen LogP contribution in [0.2, 0.25) is 0 Å². The van der Waals surface area contributed by atoms with Gasteiger partial charge in [-0.2, -0.15) is 5.48 Å². The second-order valence-electron chi connectivity index (χ2n) is 3.07. The lowest BCUT2D eigenvalue weighted by Crippen LogP contribution is -2.44. The van der Waals surface area contributed by atoms with Crippen LogP contribution in [0.25, 0.3) is 0 Å². The zero-order chi connectivity index (χ0) is 13.6. The van der Waals surface area contributed by atoms with Crippen LogP contribution in [0.5, 0.6) is 0 Å². The fourth-order valence-corrected chi connectivity index (χ4v) is 0.851. The fraction of sp³-hybridized carbons (Fsp3) is 0.429. The lowest BCUT2D eigenvalue weighted by molar-refractivity contribution is -0.173. The van der Waals surface area contributed by atoms with Gasteiger partial charge in [-0.05, 0) is 0 Å². The minimum absolute atomic E-state index is 0.713. The van der Waals surface area contributed by atoms with Crippen molar-refractivity contribution in [1.29, 1.82) is 5.41 Å². The van der Waals surface area contributed by atoms with E-state index in [1.54, 1.807) is 5.48 Å². The summed E-state index contributed by atoms with van der Waals surface area (Å²) < 4.78 is 0. The molecule has 0 aliphatic rings. The minimum Gasteiger partial charge on any atom is -0.481 e. The van der Waals surface area contributed by atoms with Crippen LogP contribution in [-0.4, -0.2) is 44.8 Å². The number of rotatable bonds is 5. The molecule has 1 unspecified atom stereocenters. The molecule has 17 heavy (non-hydrogen) atoms. The van der Waals surface area contributed by atoms with E-state index in [4.69, 9.17) is 21.4 Å². The molecule has 0 aromatic heterocycles. The van der Waals surface area contributed by atoms with Gasteiger partial charge in [0.2, 0.25) is 5.96 Å². The van der Waals surface area contributed by atoms with Gasteiger partial charge in [0.1, 0.15) is 0 Å². The number of carboxylic acid groups (broad SMARTS) is 2. The van der Waals surface area contributed by atoms with Crippen LogP contribution in [0.3, 0.4) is 0 Å². The Kier molecular flexibility index (Phi) is 4.87. The molecule has 0 fully saturated rings. The summed E-state index contributed by atoms with van der Waals surface area (Å²) in [6, 6.07) is 0. The number of carboxylic acids is 2. The molecule has 96 valence electrons. The number of carbonyl (C=O) groups excluding carboxylic acids is 1. The quantitative estimate of drug-likeness (QED) is 0.176. The normalized spacial score (nSPS) is 13.2. The second-order valence-corrected chi connectivity index (χ2v) is 3.07. The summed E-state index contributed by atoms with van der Waals surface area (Å²) in [6.45, 7) is 0. The Morgan fingerprint density at radius 1 is 1.29 bits per heavy atom. The van der Waals surface area contributed by atoms with Crippen LogP contribution >= 0.6 is 0 Å². The Morgan fingerprint density at radius 2 is 1.82 bits per heavy atom. The van der Waals surface area contributed by atoms with Crippen molar-refractivity contribution in [1.82, 2.24) is 5.48 Å². The zero-order valence-electron chi connectivity index (χ0n) is 8.47. The Morgan fingerprint density at radius 3 is 2.18 bits per heavy atom. The summed E-state index contributed by atoms with van der Waals surface area (Å²) in [4.78, 5) is 36.0. The van der Waals surface area contributed by atoms with Crippen molar-refractivity contribution in [2.75, 3.05) is 0 Å². The van der Waals surface area contributed by atoms with E-state index in [-0.39, 0.29) is 0 Å². The number of aliphatic hydroxyl groups is 1. The van der Waals surface area contributed by atoms with Gasteiger partial charge in [-0.25, -0.2) is 9.59 Å². The molecule has 0 rings (SSSR count). The van der Waals surface area contributed by atoms with Crippen molar-refractivity contribution in [3.8, 4) is 0 Å². The van der Waals surface area contributed by atoms with Crippen LogP contribution in [-0.2, 0) is 19.2 Å². The Labute approximate surface area is 94.4 Å². The van der Waals surface area contributed by atoms with Crippen LogP contribution in [0, 0.1) is 5.41 Å². The number of carbonyl (C=O) groups is 3. The first-order valence-corrected chi connectivity index (χ1v) is 4.14. The maximum Gasteiger partial charge on any atom is 0.336 e. The van der Waals surface area contributed by atoms with Crippen molar-refractivity contribution >= 4 is 23.9 Å². The molecule has 0 heterocycles. The highest BCUT2D eigenvalue weighted by Crippen LogP contribution is 2.16. The first-order valence-electron chi connectivity index (χ1n) is 4.14. The van der Waals surface area contributed by atoms with Crippen LogP contribution in [0.15, 0.2) is 0 Å². The molecule has 0 aromatic carbocycles. The van der Waals surface area contributed by atoms with Gasteiger partial charge in [-0.15, -0.1) is 0 Å². The number of nitrogens with one attached hydrogen (secondary N) is 2. The maximum absolute atomic E-state index is 11.0. The summed E-state index contributed by atoms with van der Waals surface area (Å²) in [5, 5.41) is 33.0. The topological polar surface area (TPSA) is 183 Å². The highest BCUT2D eigenvalue weighted by molar-refractivity contribution is 5.88. The minimum atomic E-state index is -2.78. The predicted octanol–water partition coefficient (Wildman–Crippen LogP) is -2.39. The van der Waals surface area contributed by atoms with Gasteiger partial charge in [0, 0.05) is 0 Å². The standard InChI is InChI=1S/C7H11N3O7/c8-6(9)10-17-4(13)2-7(16,5(14)15)1-3(11)12/h16H,1-2H2,(H,11,12)(H,14,15)(H4,8,9,10). The predicted molar refractivity (Wildman–Crippen MR) is 50.6 cm³/mol. The summed E-state index contributed by atoms with van der Waals surface area (Å²) >= 11 is 0. The molecular weight excluding hydrogens is 238 g/mol. The Balaban J connectivity index is 4.54. The molecule has 10 nitrogen and oxygen atoms in total. The molecule has 0 radical (unpaired) electrons. The smallest absolute Gasteiger partial charge is 0.336 e. The van der Waals surface area contributed by atoms with Crippen molar-refractivity contribution in [3.05, 3.63) is 0 Å². The highest BCUT2D eigenvalue weighted by atomic mass is 16.7. The summed E-state index contributed by atoms with van der Waals surface area (Å²) in [7, 11) is 0. The summed E-state index contributed by atoms with van der Waals surface area (Å²) in [5.41, 5.74) is 3.61. The number of guanidine groups is 1. The second kappa shape index (κ2) is 5.65. The maximum atomic E-state index is 11.0. The first-order chi connectivity index (χ1) is 7.67. The van der Waals surface area contributed by atoms with E-state index in [1.165, 1.54) is 0 Å². The van der Waals surface area contributed by atoms with E-state index >= 15 is 0 Å². The monoisotopic (exact) mass is 249 g/mol.